The van der Waals surface area contributed by atoms with Crippen LogP contribution < -0.4 is 4.90 Å². The third-order valence-electron chi connectivity index (χ3n) is 4.06. The summed E-state index contributed by atoms with van der Waals surface area (Å²) in [5.41, 5.74) is 1.87. The van der Waals surface area contributed by atoms with Crippen molar-refractivity contribution in [3.8, 4) is 0 Å². The topological polar surface area (TPSA) is 42.4 Å². The summed E-state index contributed by atoms with van der Waals surface area (Å²) in [6.07, 6.45) is 5.23. The number of amides is 1. The van der Waals surface area contributed by atoms with Crippen molar-refractivity contribution in [2.75, 3.05) is 18.1 Å². The van der Waals surface area contributed by atoms with E-state index in [1.54, 1.807) is 35.5 Å². The molecule has 0 saturated carbocycles. The molecule has 0 bridgehead atoms. The molecular formula is C18H19FN2O2. The lowest BCUT2D eigenvalue weighted by atomic mass is 10.1. The summed E-state index contributed by atoms with van der Waals surface area (Å²) in [6, 6.07) is 7.84. The Morgan fingerprint density at radius 1 is 1.35 bits per heavy atom. The summed E-state index contributed by atoms with van der Waals surface area (Å²) < 4.78 is 19.2. The molecule has 1 amide bonds. The van der Waals surface area contributed by atoms with E-state index in [0.29, 0.717) is 12.1 Å². The average molecular weight is 314 g/mol. The summed E-state index contributed by atoms with van der Waals surface area (Å²) in [4.78, 5) is 18.6. The Morgan fingerprint density at radius 3 is 2.83 bits per heavy atom. The van der Waals surface area contributed by atoms with Crippen LogP contribution in [0, 0.1) is 12.7 Å². The zero-order chi connectivity index (χ0) is 16.2. The Bertz CT molecular complexity index is 685. The van der Waals surface area contributed by atoms with Crippen LogP contribution in [0.4, 0.5) is 10.1 Å². The average Bonchev–Trinajstić information content (AvgIpc) is 3.08. The molecule has 2 aromatic rings. The van der Waals surface area contributed by atoms with Crippen molar-refractivity contribution in [2.45, 2.75) is 25.9 Å². The van der Waals surface area contributed by atoms with Gasteiger partial charge in [-0.3, -0.25) is 9.78 Å². The van der Waals surface area contributed by atoms with E-state index in [1.807, 2.05) is 6.92 Å². The summed E-state index contributed by atoms with van der Waals surface area (Å²) in [7, 11) is 0. The molecular weight excluding hydrogens is 295 g/mol. The quantitative estimate of drug-likeness (QED) is 0.869. The zero-order valence-corrected chi connectivity index (χ0v) is 13.0. The number of pyridine rings is 1. The predicted molar refractivity (Wildman–Crippen MR) is 86.0 cm³/mol. The van der Waals surface area contributed by atoms with Crippen molar-refractivity contribution in [1.82, 2.24) is 4.98 Å². The first kappa shape index (κ1) is 15.6. The lowest BCUT2D eigenvalue weighted by molar-refractivity contribution is 0.0916. The van der Waals surface area contributed by atoms with E-state index in [2.05, 4.69) is 4.98 Å². The number of carbonyl (C=O) groups excluding carboxylic acids is 1. The van der Waals surface area contributed by atoms with Gasteiger partial charge in [0.05, 0.1) is 12.6 Å². The highest BCUT2D eigenvalue weighted by atomic mass is 19.1. The number of benzene rings is 1. The molecule has 2 heterocycles. The molecule has 3 rings (SSSR count). The van der Waals surface area contributed by atoms with Gasteiger partial charge in [-0.05, 0) is 49.6 Å². The van der Waals surface area contributed by atoms with Crippen molar-refractivity contribution in [3.63, 3.8) is 0 Å². The highest BCUT2D eigenvalue weighted by Crippen LogP contribution is 2.22. The number of rotatable bonds is 4. The molecule has 23 heavy (non-hydrogen) atoms. The van der Waals surface area contributed by atoms with Gasteiger partial charge in [-0.25, -0.2) is 4.39 Å². The number of hydrogen-bond donors (Lipinski definition) is 0. The third-order valence-corrected chi connectivity index (χ3v) is 4.06. The minimum Gasteiger partial charge on any atom is -0.376 e. The monoisotopic (exact) mass is 314 g/mol. The van der Waals surface area contributed by atoms with Gasteiger partial charge in [-0.2, -0.15) is 0 Å². The molecule has 1 aliphatic rings. The highest BCUT2D eigenvalue weighted by molar-refractivity contribution is 6.07. The lowest BCUT2D eigenvalue weighted by Crippen LogP contribution is -2.38. The van der Waals surface area contributed by atoms with Gasteiger partial charge >= 0.3 is 0 Å². The molecule has 0 aliphatic carbocycles. The van der Waals surface area contributed by atoms with E-state index in [1.165, 1.54) is 12.1 Å². The van der Waals surface area contributed by atoms with Gasteiger partial charge in [-0.1, -0.05) is 6.07 Å². The highest BCUT2D eigenvalue weighted by Gasteiger charge is 2.25. The maximum absolute atomic E-state index is 13.6. The Kier molecular flexibility index (Phi) is 4.67. The molecule has 1 fully saturated rings. The summed E-state index contributed by atoms with van der Waals surface area (Å²) in [5.74, 6) is -0.630. The fourth-order valence-corrected chi connectivity index (χ4v) is 2.79. The molecule has 0 radical (unpaired) electrons. The molecule has 0 unspecified atom stereocenters. The molecule has 4 nitrogen and oxygen atoms in total. The molecule has 120 valence electrons. The fourth-order valence-electron chi connectivity index (χ4n) is 2.79. The molecule has 0 spiro atoms. The Balaban J connectivity index is 1.93. The van der Waals surface area contributed by atoms with Crippen molar-refractivity contribution < 1.29 is 13.9 Å². The smallest absolute Gasteiger partial charge is 0.258 e. The second-order valence-electron chi connectivity index (χ2n) is 5.72. The Morgan fingerprint density at radius 2 is 2.13 bits per heavy atom. The molecule has 1 aromatic heterocycles. The normalized spacial score (nSPS) is 17.2. The number of carbonyl (C=O) groups is 1. The molecule has 1 aliphatic heterocycles. The first-order chi connectivity index (χ1) is 11.1. The minimum atomic E-state index is -0.411. The van der Waals surface area contributed by atoms with Gasteiger partial charge in [0, 0.05) is 30.3 Å². The van der Waals surface area contributed by atoms with Crippen molar-refractivity contribution in [1.29, 1.82) is 0 Å². The Hall–Kier alpha value is -2.27. The van der Waals surface area contributed by atoms with Gasteiger partial charge in [0.1, 0.15) is 5.82 Å². The van der Waals surface area contributed by atoms with Crippen LogP contribution in [-0.2, 0) is 4.74 Å². The number of anilines is 1. The largest absolute Gasteiger partial charge is 0.376 e. The van der Waals surface area contributed by atoms with Crippen LogP contribution in [0.5, 0.6) is 0 Å². The van der Waals surface area contributed by atoms with Crippen LogP contribution in [0.3, 0.4) is 0 Å². The standard InChI is InChI=1S/C18H19FN2O2/c1-13-4-5-14(19)11-17(13)18(22)21(12-16-3-2-10-23-16)15-6-8-20-9-7-15/h4-9,11,16H,2-3,10,12H2,1H3/t16-/m0/s1. The fraction of sp³-hybridized carbons (Fsp3) is 0.333. The van der Waals surface area contributed by atoms with Crippen molar-refractivity contribution in [3.05, 3.63) is 59.7 Å². The molecule has 1 atom stereocenters. The van der Waals surface area contributed by atoms with Gasteiger partial charge in [0.15, 0.2) is 0 Å². The number of nitrogens with zero attached hydrogens (tertiary/aromatic N) is 2. The maximum Gasteiger partial charge on any atom is 0.258 e. The van der Waals surface area contributed by atoms with E-state index >= 15 is 0 Å². The summed E-state index contributed by atoms with van der Waals surface area (Å²) in [6.45, 7) is 2.99. The van der Waals surface area contributed by atoms with Gasteiger partial charge in [0.25, 0.3) is 5.91 Å². The number of halogens is 1. The van der Waals surface area contributed by atoms with Crippen LogP contribution in [0.2, 0.25) is 0 Å². The van der Waals surface area contributed by atoms with Crippen LogP contribution in [-0.4, -0.2) is 30.1 Å². The summed E-state index contributed by atoms with van der Waals surface area (Å²) in [5, 5.41) is 0. The maximum atomic E-state index is 13.6. The second kappa shape index (κ2) is 6.87. The zero-order valence-electron chi connectivity index (χ0n) is 13.0. The van der Waals surface area contributed by atoms with Gasteiger partial charge < -0.3 is 9.64 Å². The number of aromatic nitrogens is 1. The SMILES string of the molecule is Cc1ccc(F)cc1C(=O)N(C[C@@H]1CCCO1)c1ccncc1. The van der Waals surface area contributed by atoms with Gasteiger partial charge in [0.2, 0.25) is 0 Å². The first-order valence-electron chi connectivity index (χ1n) is 7.75. The molecule has 5 heteroatoms. The molecule has 1 aromatic carbocycles. The molecule has 1 saturated heterocycles. The van der Waals surface area contributed by atoms with Crippen LogP contribution >= 0.6 is 0 Å². The van der Waals surface area contributed by atoms with E-state index in [9.17, 15) is 9.18 Å². The first-order valence-corrected chi connectivity index (χ1v) is 7.75. The van der Waals surface area contributed by atoms with Crippen LogP contribution in [0.25, 0.3) is 0 Å². The van der Waals surface area contributed by atoms with E-state index < -0.39 is 5.82 Å². The number of hydrogen-bond acceptors (Lipinski definition) is 3. The predicted octanol–water partition coefficient (Wildman–Crippen LogP) is 3.35. The van der Waals surface area contributed by atoms with Crippen LogP contribution in [0.15, 0.2) is 42.7 Å². The van der Waals surface area contributed by atoms with Crippen molar-refractivity contribution in [2.24, 2.45) is 0 Å². The molecule has 0 N–H and O–H groups in total. The van der Waals surface area contributed by atoms with Crippen LogP contribution in [0.1, 0.15) is 28.8 Å². The van der Waals surface area contributed by atoms with Crippen molar-refractivity contribution >= 4 is 11.6 Å². The van der Waals surface area contributed by atoms with E-state index in [-0.39, 0.29) is 12.0 Å². The number of ether oxygens (including phenoxy) is 1. The second-order valence-corrected chi connectivity index (χ2v) is 5.72. The lowest BCUT2D eigenvalue weighted by Gasteiger charge is -2.26. The summed E-state index contributed by atoms with van der Waals surface area (Å²) >= 11 is 0. The van der Waals surface area contributed by atoms with E-state index in [4.69, 9.17) is 4.74 Å². The van der Waals surface area contributed by atoms with E-state index in [0.717, 1.165) is 30.7 Å². The number of aryl methyl sites for hydroxylation is 1. The van der Waals surface area contributed by atoms with Gasteiger partial charge in [-0.15, -0.1) is 0 Å². The third kappa shape index (κ3) is 3.56. The minimum absolute atomic E-state index is 0.0148. The Labute approximate surface area is 134 Å².